The van der Waals surface area contributed by atoms with Gasteiger partial charge in [-0.25, -0.2) is 0 Å². The normalized spacial score (nSPS) is 18.4. The second-order valence-corrected chi connectivity index (χ2v) is 6.26. The minimum Gasteiger partial charge on any atom is -0.481 e. The van der Waals surface area contributed by atoms with Crippen LogP contribution in [0.25, 0.3) is 0 Å². The van der Waals surface area contributed by atoms with Crippen molar-refractivity contribution in [1.82, 2.24) is 14.7 Å². The van der Waals surface area contributed by atoms with E-state index in [2.05, 4.69) is 18.9 Å². The van der Waals surface area contributed by atoms with Gasteiger partial charge in [0, 0.05) is 13.1 Å². The number of aliphatic carboxylic acids is 1. The number of carbonyl (C=O) groups excluding carboxylic acids is 1. The predicted molar refractivity (Wildman–Crippen MR) is 84.3 cm³/mol. The molecule has 2 heterocycles. The first-order valence-corrected chi connectivity index (χ1v) is 8.09. The third kappa shape index (κ3) is 4.31. The molecule has 1 aliphatic rings. The Hall–Kier alpha value is -1.89. The Morgan fingerprint density at radius 3 is 2.83 bits per heavy atom. The van der Waals surface area contributed by atoms with Crippen molar-refractivity contribution in [3.05, 3.63) is 17.5 Å². The van der Waals surface area contributed by atoms with E-state index in [1.807, 2.05) is 13.0 Å². The molecule has 0 radical (unpaired) electrons. The average molecular weight is 323 g/mol. The third-order valence-corrected chi connectivity index (χ3v) is 3.87. The molecular weight excluding hydrogens is 298 g/mol. The number of carboxylic acids is 1. The van der Waals surface area contributed by atoms with Gasteiger partial charge in [-0.1, -0.05) is 13.8 Å². The van der Waals surface area contributed by atoms with Crippen LogP contribution in [0.2, 0.25) is 0 Å². The zero-order valence-corrected chi connectivity index (χ0v) is 14.0. The fourth-order valence-corrected chi connectivity index (χ4v) is 2.84. The fraction of sp³-hybridized carbons (Fsp3) is 0.688. The molecule has 7 heteroatoms. The Morgan fingerprint density at radius 2 is 2.22 bits per heavy atom. The standard InChI is InChI=1S/C16H25N3O4/c1-4-19-14(8-12(17-19)7-11(2)3)16(22)18-5-6-23-10-13(18)9-15(20)21/h8,11,13H,4-7,9-10H2,1-3H3,(H,20,21)/t13-/m0/s1. The minimum absolute atomic E-state index is 0.106. The minimum atomic E-state index is -0.928. The summed E-state index contributed by atoms with van der Waals surface area (Å²) in [6.07, 6.45) is 0.708. The van der Waals surface area contributed by atoms with E-state index >= 15 is 0 Å². The van der Waals surface area contributed by atoms with Crippen LogP contribution < -0.4 is 0 Å². The summed E-state index contributed by atoms with van der Waals surface area (Å²) < 4.78 is 7.04. The number of aryl methyl sites for hydroxylation is 1. The number of hydrogen-bond acceptors (Lipinski definition) is 4. The van der Waals surface area contributed by atoms with Crippen molar-refractivity contribution in [2.45, 2.75) is 46.2 Å². The Labute approximate surface area is 136 Å². The summed E-state index contributed by atoms with van der Waals surface area (Å²) in [4.78, 5) is 25.5. The first-order chi connectivity index (χ1) is 10.9. The quantitative estimate of drug-likeness (QED) is 0.856. The Morgan fingerprint density at radius 1 is 1.48 bits per heavy atom. The van der Waals surface area contributed by atoms with Gasteiger partial charge in [-0.15, -0.1) is 0 Å². The van der Waals surface area contributed by atoms with Crippen LogP contribution in [0.15, 0.2) is 6.07 Å². The third-order valence-electron chi connectivity index (χ3n) is 3.87. The van der Waals surface area contributed by atoms with Crippen LogP contribution in [0.1, 0.15) is 43.4 Å². The highest BCUT2D eigenvalue weighted by Crippen LogP contribution is 2.17. The van der Waals surface area contributed by atoms with Gasteiger partial charge in [0.25, 0.3) is 5.91 Å². The zero-order valence-electron chi connectivity index (χ0n) is 14.0. The van der Waals surface area contributed by atoms with Crippen molar-refractivity contribution in [1.29, 1.82) is 0 Å². The van der Waals surface area contributed by atoms with Gasteiger partial charge >= 0.3 is 5.97 Å². The smallest absolute Gasteiger partial charge is 0.305 e. The maximum atomic E-state index is 12.9. The molecule has 1 saturated heterocycles. The van der Waals surface area contributed by atoms with Crippen LogP contribution in [0, 0.1) is 5.92 Å². The predicted octanol–water partition coefficient (Wildman–Crippen LogP) is 1.42. The summed E-state index contributed by atoms with van der Waals surface area (Å²) in [7, 11) is 0. The number of nitrogens with zero attached hydrogens (tertiary/aromatic N) is 3. The molecule has 0 aromatic carbocycles. The first-order valence-electron chi connectivity index (χ1n) is 8.09. The van der Waals surface area contributed by atoms with Gasteiger partial charge in [-0.2, -0.15) is 5.10 Å². The molecular formula is C16H25N3O4. The van der Waals surface area contributed by atoms with E-state index in [0.717, 1.165) is 12.1 Å². The molecule has 1 atom stereocenters. The summed E-state index contributed by atoms with van der Waals surface area (Å²) in [5, 5.41) is 13.5. The molecule has 0 aliphatic carbocycles. The van der Waals surface area contributed by atoms with Crippen molar-refractivity contribution in [3.8, 4) is 0 Å². The molecule has 128 valence electrons. The summed E-state index contributed by atoms with van der Waals surface area (Å²) in [5.41, 5.74) is 1.42. The van der Waals surface area contributed by atoms with Gasteiger partial charge < -0.3 is 14.7 Å². The molecule has 1 amide bonds. The van der Waals surface area contributed by atoms with Crippen molar-refractivity contribution in [3.63, 3.8) is 0 Å². The van der Waals surface area contributed by atoms with Crippen molar-refractivity contribution >= 4 is 11.9 Å². The number of aromatic nitrogens is 2. The first kappa shape index (κ1) is 17.5. The maximum absolute atomic E-state index is 12.9. The molecule has 23 heavy (non-hydrogen) atoms. The summed E-state index contributed by atoms with van der Waals surface area (Å²) in [5.74, 6) is -0.631. The fourth-order valence-electron chi connectivity index (χ4n) is 2.84. The zero-order chi connectivity index (χ0) is 17.0. The van der Waals surface area contributed by atoms with Crippen molar-refractivity contribution < 1.29 is 19.4 Å². The van der Waals surface area contributed by atoms with Crippen LogP contribution in [-0.2, 0) is 22.5 Å². The van der Waals surface area contributed by atoms with Gasteiger partial charge in [0.2, 0.25) is 0 Å². The number of morpholine rings is 1. The van der Waals surface area contributed by atoms with Crippen LogP contribution in [0.3, 0.4) is 0 Å². The number of carboxylic acid groups (broad SMARTS) is 1. The lowest BCUT2D eigenvalue weighted by molar-refractivity contribution is -0.139. The number of amides is 1. The highest BCUT2D eigenvalue weighted by atomic mass is 16.5. The van der Waals surface area contributed by atoms with Gasteiger partial charge in [-0.3, -0.25) is 14.3 Å². The molecule has 2 rings (SSSR count). The van der Waals surface area contributed by atoms with E-state index in [1.54, 1.807) is 9.58 Å². The van der Waals surface area contributed by atoms with Crippen LogP contribution in [-0.4, -0.2) is 57.5 Å². The summed E-state index contributed by atoms with van der Waals surface area (Å²) in [6.45, 7) is 7.86. The van der Waals surface area contributed by atoms with E-state index in [4.69, 9.17) is 9.84 Å². The molecule has 0 unspecified atom stereocenters. The summed E-state index contributed by atoms with van der Waals surface area (Å²) in [6, 6.07) is 1.40. The lowest BCUT2D eigenvalue weighted by atomic mass is 10.1. The lowest BCUT2D eigenvalue weighted by Crippen LogP contribution is -2.50. The molecule has 0 bridgehead atoms. The van der Waals surface area contributed by atoms with Crippen molar-refractivity contribution in [2.24, 2.45) is 5.92 Å². The van der Waals surface area contributed by atoms with Gasteiger partial charge in [0.1, 0.15) is 5.69 Å². The number of ether oxygens (including phenoxy) is 1. The van der Waals surface area contributed by atoms with E-state index in [1.165, 1.54) is 0 Å². The largest absolute Gasteiger partial charge is 0.481 e. The molecule has 7 nitrogen and oxygen atoms in total. The topological polar surface area (TPSA) is 84.7 Å². The second kappa shape index (κ2) is 7.59. The molecule has 1 N–H and O–H groups in total. The average Bonchev–Trinajstić information content (AvgIpc) is 2.88. The molecule has 1 aliphatic heterocycles. The Kier molecular flexibility index (Phi) is 5.76. The van der Waals surface area contributed by atoms with E-state index in [-0.39, 0.29) is 18.9 Å². The van der Waals surface area contributed by atoms with E-state index in [9.17, 15) is 9.59 Å². The molecule has 0 spiro atoms. The van der Waals surface area contributed by atoms with Crippen LogP contribution in [0.4, 0.5) is 0 Å². The number of rotatable bonds is 6. The summed E-state index contributed by atoms with van der Waals surface area (Å²) >= 11 is 0. The number of hydrogen-bond donors (Lipinski definition) is 1. The monoisotopic (exact) mass is 323 g/mol. The maximum Gasteiger partial charge on any atom is 0.305 e. The van der Waals surface area contributed by atoms with Crippen LogP contribution >= 0.6 is 0 Å². The second-order valence-electron chi connectivity index (χ2n) is 6.26. The highest BCUT2D eigenvalue weighted by Gasteiger charge is 2.31. The molecule has 1 aromatic heterocycles. The lowest BCUT2D eigenvalue weighted by Gasteiger charge is -2.34. The van der Waals surface area contributed by atoms with E-state index in [0.29, 0.717) is 31.3 Å². The molecule has 1 fully saturated rings. The van der Waals surface area contributed by atoms with Crippen LogP contribution in [0.5, 0.6) is 0 Å². The van der Waals surface area contributed by atoms with Gasteiger partial charge in [-0.05, 0) is 25.3 Å². The highest BCUT2D eigenvalue weighted by molar-refractivity contribution is 5.93. The van der Waals surface area contributed by atoms with E-state index < -0.39 is 12.0 Å². The Balaban J connectivity index is 2.23. The van der Waals surface area contributed by atoms with Gasteiger partial charge in [0.15, 0.2) is 0 Å². The molecule has 0 saturated carbocycles. The Bertz CT molecular complexity index is 568. The molecule has 1 aromatic rings. The van der Waals surface area contributed by atoms with Gasteiger partial charge in [0.05, 0.1) is 31.4 Å². The SMILES string of the molecule is CCn1nc(CC(C)C)cc1C(=O)N1CCOC[C@@H]1CC(=O)O. The van der Waals surface area contributed by atoms with Crippen molar-refractivity contribution in [2.75, 3.05) is 19.8 Å². The number of carbonyl (C=O) groups is 2.